The molecule has 0 saturated heterocycles. The van der Waals surface area contributed by atoms with E-state index in [1.165, 1.54) is 18.4 Å². The number of nitrogens with one attached hydrogen (secondary N) is 1. The van der Waals surface area contributed by atoms with Crippen molar-refractivity contribution in [2.45, 2.75) is 52.5 Å². The zero-order chi connectivity index (χ0) is 15.3. The van der Waals surface area contributed by atoms with Crippen LogP contribution in [0.2, 0.25) is 0 Å². The first-order valence-electron chi connectivity index (χ1n) is 8.08. The highest BCUT2D eigenvalue weighted by Gasteiger charge is 2.36. The lowest BCUT2D eigenvalue weighted by Gasteiger charge is -2.37. The van der Waals surface area contributed by atoms with Crippen LogP contribution in [0.25, 0.3) is 0 Å². The van der Waals surface area contributed by atoms with Gasteiger partial charge in [0.1, 0.15) is 0 Å². The molecule has 0 aliphatic heterocycles. The van der Waals surface area contributed by atoms with Crippen molar-refractivity contribution in [3.63, 3.8) is 0 Å². The normalized spacial score (nSPS) is 21.0. The highest BCUT2D eigenvalue weighted by Crippen LogP contribution is 2.40. The molecule has 21 heavy (non-hydrogen) atoms. The first kappa shape index (κ1) is 16.0. The molecule has 0 heterocycles. The summed E-state index contributed by atoms with van der Waals surface area (Å²) in [7, 11) is 0. The minimum absolute atomic E-state index is 0.132. The second kappa shape index (κ2) is 7.08. The van der Waals surface area contributed by atoms with Crippen LogP contribution in [-0.2, 0) is 17.8 Å². The van der Waals surface area contributed by atoms with Crippen molar-refractivity contribution in [2.75, 3.05) is 6.54 Å². The molecule has 3 nitrogen and oxygen atoms in total. The van der Waals surface area contributed by atoms with Crippen LogP contribution in [0.5, 0.6) is 0 Å². The van der Waals surface area contributed by atoms with E-state index >= 15 is 0 Å². The Bertz CT molecular complexity index is 465. The van der Waals surface area contributed by atoms with E-state index in [1.54, 1.807) is 0 Å². The highest BCUT2D eigenvalue weighted by molar-refractivity contribution is 5.79. The molecule has 1 fully saturated rings. The van der Waals surface area contributed by atoms with E-state index in [2.05, 4.69) is 43.4 Å². The molecule has 1 aliphatic rings. The first-order valence-corrected chi connectivity index (χ1v) is 8.08. The maximum absolute atomic E-state index is 12.4. The van der Waals surface area contributed by atoms with Gasteiger partial charge >= 0.3 is 0 Å². The fourth-order valence-corrected chi connectivity index (χ4v) is 3.28. The van der Waals surface area contributed by atoms with Gasteiger partial charge in [-0.2, -0.15) is 0 Å². The predicted molar refractivity (Wildman–Crippen MR) is 86.8 cm³/mol. The van der Waals surface area contributed by atoms with Crippen LogP contribution in [0, 0.1) is 11.3 Å². The number of benzene rings is 1. The van der Waals surface area contributed by atoms with Crippen molar-refractivity contribution < 1.29 is 4.79 Å². The number of rotatable bonds is 5. The monoisotopic (exact) mass is 288 g/mol. The number of hydrogen-bond acceptors (Lipinski definition) is 2. The summed E-state index contributed by atoms with van der Waals surface area (Å²) in [5.41, 5.74) is 8.08. The van der Waals surface area contributed by atoms with Crippen LogP contribution in [0.4, 0.5) is 0 Å². The lowest BCUT2D eigenvalue weighted by molar-refractivity contribution is -0.130. The average molecular weight is 288 g/mol. The number of carbonyl (C=O) groups excluding carboxylic acids is 1. The van der Waals surface area contributed by atoms with Crippen molar-refractivity contribution in [1.82, 2.24) is 5.32 Å². The van der Waals surface area contributed by atoms with Crippen LogP contribution in [0.1, 0.15) is 50.7 Å². The summed E-state index contributed by atoms with van der Waals surface area (Å²) in [5.74, 6) is 0.369. The Morgan fingerprint density at radius 2 is 1.90 bits per heavy atom. The smallest absolute Gasteiger partial charge is 0.223 e. The van der Waals surface area contributed by atoms with E-state index in [4.69, 9.17) is 5.73 Å². The van der Waals surface area contributed by atoms with E-state index in [9.17, 15) is 4.79 Å². The molecule has 1 aromatic carbocycles. The zero-order valence-electron chi connectivity index (χ0n) is 13.3. The van der Waals surface area contributed by atoms with E-state index in [0.29, 0.717) is 13.1 Å². The standard InChI is InChI=1S/C18H28N2O/c1-18(2)11-4-3-5-16(18)17(21)20-13-15-8-6-14(7-9-15)10-12-19/h6-9,16H,3-5,10-13,19H2,1-2H3,(H,20,21). The van der Waals surface area contributed by atoms with Gasteiger partial charge in [0.15, 0.2) is 0 Å². The molecule has 1 unspecified atom stereocenters. The maximum atomic E-state index is 12.4. The zero-order valence-corrected chi connectivity index (χ0v) is 13.3. The minimum Gasteiger partial charge on any atom is -0.352 e. The van der Waals surface area contributed by atoms with E-state index < -0.39 is 0 Å². The molecule has 0 bridgehead atoms. The lowest BCUT2D eigenvalue weighted by Crippen LogP contribution is -2.40. The summed E-state index contributed by atoms with van der Waals surface area (Å²) in [6.45, 7) is 5.73. The van der Waals surface area contributed by atoms with Crippen LogP contribution < -0.4 is 11.1 Å². The van der Waals surface area contributed by atoms with Gasteiger partial charge in [0.2, 0.25) is 5.91 Å². The molecular weight excluding hydrogens is 260 g/mol. The third kappa shape index (κ3) is 4.31. The fraction of sp³-hybridized carbons (Fsp3) is 0.611. The summed E-state index contributed by atoms with van der Waals surface area (Å²) in [4.78, 5) is 12.4. The lowest BCUT2D eigenvalue weighted by atomic mass is 9.68. The molecule has 0 radical (unpaired) electrons. The topological polar surface area (TPSA) is 55.1 Å². The molecule has 1 aliphatic carbocycles. The van der Waals surface area contributed by atoms with Gasteiger partial charge in [0.25, 0.3) is 0 Å². The SMILES string of the molecule is CC1(C)CCCCC1C(=O)NCc1ccc(CCN)cc1. The minimum atomic E-state index is 0.132. The van der Waals surface area contributed by atoms with E-state index in [1.807, 2.05) is 0 Å². The number of hydrogen-bond donors (Lipinski definition) is 2. The molecule has 116 valence electrons. The highest BCUT2D eigenvalue weighted by atomic mass is 16.1. The Kier molecular flexibility index (Phi) is 5.40. The Hall–Kier alpha value is -1.35. The van der Waals surface area contributed by atoms with Gasteiger partial charge in [-0.25, -0.2) is 0 Å². The van der Waals surface area contributed by atoms with Gasteiger partial charge in [0.05, 0.1) is 0 Å². The van der Waals surface area contributed by atoms with Crippen LogP contribution in [0.15, 0.2) is 24.3 Å². The maximum Gasteiger partial charge on any atom is 0.223 e. The number of amides is 1. The molecule has 3 heteroatoms. The predicted octanol–water partition coefficient (Wildman–Crippen LogP) is 3.02. The second-order valence-electron chi connectivity index (χ2n) is 6.86. The number of nitrogens with two attached hydrogens (primary N) is 1. The summed E-state index contributed by atoms with van der Waals surface area (Å²) in [5, 5.41) is 3.11. The molecule has 1 atom stereocenters. The molecule has 0 aromatic heterocycles. The van der Waals surface area contributed by atoms with Crippen molar-refractivity contribution in [3.8, 4) is 0 Å². The van der Waals surface area contributed by atoms with Gasteiger partial charge < -0.3 is 11.1 Å². The van der Waals surface area contributed by atoms with Gasteiger partial charge in [-0.15, -0.1) is 0 Å². The van der Waals surface area contributed by atoms with Crippen LogP contribution >= 0.6 is 0 Å². The summed E-state index contributed by atoms with van der Waals surface area (Å²) in [6.07, 6.45) is 5.50. The Morgan fingerprint density at radius 3 is 2.52 bits per heavy atom. The van der Waals surface area contributed by atoms with E-state index in [-0.39, 0.29) is 17.2 Å². The summed E-state index contributed by atoms with van der Waals surface area (Å²) in [6, 6.07) is 8.35. The molecular formula is C18H28N2O. The van der Waals surface area contributed by atoms with Gasteiger partial charge in [-0.05, 0) is 42.3 Å². The third-order valence-corrected chi connectivity index (χ3v) is 4.75. The van der Waals surface area contributed by atoms with Crippen LogP contribution in [-0.4, -0.2) is 12.5 Å². The van der Waals surface area contributed by atoms with E-state index in [0.717, 1.165) is 24.8 Å². The van der Waals surface area contributed by atoms with Crippen molar-refractivity contribution in [3.05, 3.63) is 35.4 Å². The Balaban J connectivity index is 1.88. The first-order chi connectivity index (χ1) is 10.0. The summed E-state index contributed by atoms with van der Waals surface area (Å²) < 4.78 is 0. The molecule has 2 rings (SSSR count). The molecule has 1 saturated carbocycles. The largest absolute Gasteiger partial charge is 0.352 e. The molecule has 1 amide bonds. The van der Waals surface area contributed by atoms with Crippen molar-refractivity contribution in [2.24, 2.45) is 17.1 Å². The molecule has 0 spiro atoms. The average Bonchev–Trinajstić information content (AvgIpc) is 2.46. The van der Waals surface area contributed by atoms with Crippen molar-refractivity contribution in [1.29, 1.82) is 0 Å². The Labute approximate surface area is 128 Å². The van der Waals surface area contributed by atoms with Crippen LogP contribution in [0.3, 0.4) is 0 Å². The Morgan fingerprint density at radius 1 is 1.24 bits per heavy atom. The fourth-order valence-electron chi connectivity index (χ4n) is 3.28. The second-order valence-corrected chi connectivity index (χ2v) is 6.86. The van der Waals surface area contributed by atoms with Crippen molar-refractivity contribution >= 4 is 5.91 Å². The van der Waals surface area contributed by atoms with Gasteiger partial charge in [-0.3, -0.25) is 4.79 Å². The molecule has 3 N–H and O–H groups in total. The van der Waals surface area contributed by atoms with Gasteiger partial charge in [0, 0.05) is 12.5 Å². The third-order valence-electron chi connectivity index (χ3n) is 4.75. The summed E-state index contributed by atoms with van der Waals surface area (Å²) >= 11 is 0. The number of carbonyl (C=O) groups is 1. The molecule has 1 aromatic rings. The van der Waals surface area contributed by atoms with Gasteiger partial charge in [-0.1, -0.05) is 51.0 Å². The quantitative estimate of drug-likeness (QED) is 0.875.